The summed E-state index contributed by atoms with van der Waals surface area (Å²) in [5.41, 5.74) is 3.24. The van der Waals surface area contributed by atoms with Gasteiger partial charge in [-0.05, 0) is 39.2 Å². The molecule has 3 N–H and O–H groups in total. The molecule has 1 aliphatic heterocycles. The molecule has 0 spiro atoms. The maximum Gasteiger partial charge on any atom is 0.407 e. The van der Waals surface area contributed by atoms with Gasteiger partial charge in [0.2, 0.25) is 0 Å². The molecule has 0 radical (unpaired) electrons. The van der Waals surface area contributed by atoms with Gasteiger partial charge < -0.3 is 15.4 Å². The molecule has 30 heavy (non-hydrogen) atoms. The zero-order valence-electron chi connectivity index (χ0n) is 17.1. The van der Waals surface area contributed by atoms with Crippen LogP contribution in [0, 0.1) is 0 Å². The molecule has 2 aliphatic rings. The molecular weight excluding hydrogens is 406 g/mol. The van der Waals surface area contributed by atoms with Crippen LogP contribution in [-0.2, 0) is 26.7 Å². The van der Waals surface area contributed by atoms with E-state index in [1.165, 1.54) is 0 Å². The maximum atomic E-state index is 12.0. The number of carbonyl (C=O) groups excluding carboxylic acids is 1. The molecule has 0 bridgehead atoms. The van der Waals surface area contributed by atoms with Gasteiger partial charge in [-0.3, -0.25) is 10.1 Å². The average Bonchev–Trinajstić information content (AvgIpc) is 3.30. The Labute approximate surface area is 175 Å². The van der Waals surface area contributed by atoms with Crippen molar-refractivity contribution in [3.8, 4) is 0 Å². The van der Waals surface area contributed by atoms with Crippen LogP contribution in [0.2, 0.25) is 0 Å². The second kappa shape index (κ2) is 8.25. The minimum atomic E-state index is -3.10. The summed E-state index contributed by atoms with van der Waals surface area (Å²) in [6.07, 6.45) is 4.11. The summed E-state index contributed by atoms with van der Waals surface area (Å²) in [4.78, 5) is 16.1. The Hall–Kier alpha value is -2.62. The van der Waals surface area contributed by atoms with E-state index >= 15 is 0 Å². The topological polar surface area (TPSA) is 126 Å². The normalized spacial score (nSPS) is 22.5. The van der Waals surface area contributed by atoms with Crippen molar-refractivity contribution < 1.29 is 17.9 Å². The van der Waals surface area contributed by atoms with Crippen molar-refractivity contribution in [2.75, 3.05) is 11.1 Å². The van der Waals surface area contributed by atoms with Crippen LogP contribution in [0.5, 0.6) is 0 Å². The fraction of sp³-hybridized carbons (Fsp3) is 0.550. The number of aryl methyl sites for hydroxylation is 1. The summed E-state index contributed by atoms with van der Waals surface area (Å²) >= 11 is 0. The van der Waals surface area contributed by atoms with Crippen LogP contribution in [0.25, 0.3) is 0 Å². The van der Waals surface area contributed by atoms with E-state index in [2.05, 4.69) is 25.8 Å². The number of ether oxygens (including phenoxy) is 1. The molecule has 1 saturated carbocycles. The molecule has 2 atom stereocenters. The fourth-order valence-electron chi connectivity index (χ4n) is 4.07. The lowest BCUT2D eigenvalue weighted by atomic mass is 10.0. The van der Waals surface area contributed by atoms with Crippen molar-refractivity contribution in [2.24, 2.45) is 0 Å². The van der Waals surface area contributed by atoms with Gasteiger partial charge in [-0.2, -0.15) is 5.10 Å². The minimum Gasteiger partial charge on any atom is -0.446 e. The Morgan fingerprint density at radius 3 is 2.97 bits per heavy atom. The largest absolute Gasteiger partial charge is 0.446 e. The van der Waals surface area contributed by atoms with Crippen LogP contribution in [0.3, 0.4) is 0 Å². The number of nitrogens with one attached hydrogen (secondary N) is 3. The Morgan fingerprint density at radius 1 is 1.33 bits per heavy atom. The second-order valence-corrected chi connectivity index (χ2v) is 10.5. The number of rotatable bonds is 5. The molecule has 1 aliphatic carbocycles. The zero-order valence-corrected chi connectivity index (χ0v) is 18.0. The van der Waals surface area contributed by atoms with Crippen LogP contribution in [0.15, 0.2) is 18.3 Å². The Balaban J connectivity index is 1.41. The number of amides is 1. The van der Waals surface area contributed by atoms with E-state index in [4.69, 9.17) is 4.74 Å². The summed E-state index contributed by atoms with van der Waals surface area (Å²) in [6, 6.07) is 3.76. The van der Waals surface area contributed by atoms with Crippen LogP contribution in [0.1, 0.15) is 56.0 Å². The third kappa shape index (κ3) is 4.75. The van der Waals surface area contributed by atoms with Gasteiger partial charge in [0.05, 0.1) is 11.5 Å². The number of pyridine rings is 1. The molecule has 4 rings (SSSR count). The number of anilines is 2. The Bertz CT molecular complexity index is 1030. The summed E-state index contributed by atoms with van der Waals surface area (Å²) in [5.74, 6) is 0.999. The third-order valence-electron chi connectivity index (χ3n) is 5.52. The summed E-state index contributed by atoms with van der Waals surface area (Å²) < 4.78 is 29.6. The first-order valence-electron chi connectivity index (χ1n) is 10.3. The predicted molar refractivity (Wildman–Crippen MR) is 112 cm³/mol. The number of carbonyl (C=O) groups is 1. The first kappa shape index (κ1) is 20.6. The summed E-state index contributed by atoms with van der Waals surface area (Å²) in [7, 11) is -3.10. The van der Waals surface area contributed by atoms with Crippen LogP contribution < -0.4 is 10.6 Å². The van der Waals surface area contributed by atoms with Gasteiger partial charge in [-0.1, -0.05) is 0 Å². The molecule has 2 aromatic heterocycles. The summed E-state index contributed by atoms with van der Waals surface area (Å²) in [6.45, 7) is 3.79. The van der Waals surface area contributed by atoms with Gasteiger partial charge in [0, 0.05) is 53.3 Å². The smallest absolute Gasteiger partial charge is 0.407 e. The molecule has 3 heterocycles. The van der Waals surface area contributed by atoms with Gasteiger partial charge in [0.1, 0.15) is 6.10 Å². The molecule has 0 saturated heterocycles. The van der Waals surface area contributed by atoms with Crippen molar-refractivity contribution in [3.05, 3.63) is 35.3 Å². The third-order valence-corrected chi connectivity index (χ3v) is 7.08. The highest BCUT2D eigenvalue weighted by Crippen LogP contribution is 2.36. The quantitative estimate of drug-likeness (QED) is 0.662. The zero-order chi connectivity index (χ0) is 21.3. The van der Waals surface area contributed by atoms with Crippen LogP contribution >= 0.6 is 0 Å². The number of nitrogens with zero attached hydrogens (tertiary/aromatic N) is 2. The van der Waals surface area contributed by atoms with E-state index in [0.29, 0.717) is 12.2 Å². The summed E-state index contributed by atoms with van der Waals surface area (Å²) in [5, 5.41) is 13.4. The van der Waals surface area contributed by atoms with Crippen molar-refractivity contribution in [2.45, 2.75) is 63.3 Å². The van der Waals surface area contributed by atoms with Crippen molar-refractivity contribution >= 4 is 27.4 Å². The SMILES string of the molecule is CC(C)NC(=O)O[C@@H]1CC[C@H](c2cc(Nc3ccnc4c3CS(=O)(=O)CC4)n[nH]2)C1. The second-order valence-electron chi connectivity index (χ2n) is 8.30. The highest BCUT2D eigenvalue weighted by molar-refractivity contribution is 7.90. The lowest BCUT2D eigenvalue weighted by Crippen LogP contribution is -2.33. The number of aromatic amines is 1. The number of aromatic nitrogens is 3. The van der Waals surface area contributed by atoms with Gasteiger partial charge >= 0.3 is 6.09 Å². The van der Waals surface area contributed by atoms with Crippen molar-refractivity contribution in [3.63, 3.8) is 0 Å². The van der Waals surface area contributed by atoms with E-state index in [1.54, 1.807) is 12.3 Å². The van der Waals surface area contributed by atoms with Gasteiger partial charge in [-0.15, -0.1) is 0 Å². The maximum absolute atomic E-state index is 12.0. The monoisotopic (exact) mass is 433 g/mol. The molecule has 0 aromatic carbocycles. The van der Waals surface area contributed by atoms with Crippen molar-refractivity contribution in [1.29, 1.82) is 0 Å². The van der Waals surface area contributed by atoms with Gasteiger partial charge in [0.25, 0.3) is 0 Å². The molecule has 0 unspecified atom stereocenters. The highest BCUT2D eigenvalue weighted by atomic mass is 32.2. The lowest BCUT2D eigenvalue weighted by molar-refractivity contribution is 0.0981. The van der Waals surface area contributed by atoms with E-state index in [1.807, 2.05) is 19.9 Å². The molecule has 9 nitrogen and oxygen atoms in total. The first-order valence-corrected chi connectivity index (χ1v) is 12.1. The van der Waals surface area contributed by atoms with E-state index in [0.717, 1.165) is 41.9 Å². The number of H-pyrrole nitrogens is 1. The number of fused-ring (bicyclic) bond motifs is 1. The average molecular weight is 434 g/mol. The number of hydrogen-bond acceptors (Lipinski definition) is 7. The van der Waals surface area contributed by atoms with Crippen LogP contribution in [0.4, 0.5) is 16.3 Å². The van der Waals surface area contributed by atoms with Gasteiger partial charge in [-0.25, -0.2) is 13.2 Å². The first-order chi connectivity index (χ1) is 14.3. The van der Waals surface area contributed by atoms with Gasteiger partial charge in [0.15, 0.2) is 15.7 Å². The van der Waals surface area contributed by atoms with E-state index in [-0.39, 0.29) is 35.7 Å². The fourth-order valence-corrected chi connectivity index (χ4v) is 5.48. The highest BCUT2D eigenvalue weighted by Gasteiger charge is 2.30. The van der Waals surface area contributed by atoms with E-state index in [9.17, 15) is 13.2 Å². The van der Waals surface area contributed by atoms with Crippen molar-refractivity contribution in [1.82, 2.24) is 20.5 Å². The number of alkyl carbamates (subject to hydrolysis) is 1. The molecular formula is C20H27N5O4S. The molecule has 1 fully saturated rings. The lowest BCUT2D eigenvalue weighted by Gasteiger charge is -2.18. The Morgan fingerprint density at radius 2 is 2.17 bits per heavy atom. The number of sulfone groups is 1. The predicted octanol–water partition coefficient (Wildman–Crippen LogP) is 2.79. The number of hydrogen-bond donors (Lipinski definition) is 3. The minimum absolute atomic E-state index is 0.00410. The molecule has 2 aromatic rings. The molecule has 10 heteroatoms. The van der Waals surface area contributed by atoms with Crippen LogP contribution in [-0.4, -0.2) is 47.6 Å². The Kier molecular flexibility index (Phi) is 5.68. The molecule has 1 amide bonds. The molecule has 162 valence electrons. The van der Waals surface area contributed by atoms with E-state index < -0.39 is 9.84 Å². The standard InChI is InChI=1S/C20H27N5O4S/c1-12(2)22-20(26)29-14-4-3-13(9-14)18-10-19(25-24-18)23-17-5-7-21-16-6-8-30(27,28)11-15(16)17/h5,7,10,12-14H,3-4,6,8-9,11H2,1-2H3,(H,22,26)(H2,21,23,24,25)/t13-,14+/m0/s1.